The first-order valence-electron chi connectivity index (χ1n) is 9.03. The molecule has 12 heteroatoms. The highest BCUT2D eigenvalue weighted by Crippen LogP contribution is 2.21. The van der Waals surface area contributed by atoms with Crippen LogP contribution in [0.15, 0.2) is 29.3 Å². The number of nitrogens with one attached hydrogen (secondary N) is 2. The topological polar surface area (TPSA) is 83.0 Å². The third-order valence-electron chi connectivity index (χ3n) is 3.96. The fraction of sp³-hybridized carbons (Fsp3) is 0.588. The number of nitrogens with zero attached hydrogens (tertiary/aromatic N) is 2. The Hall–Kier alpha value is -0.860. The largest absolute Gasteiger partial charge is 0.434 e. The van der Waals surface area contributed by atoms with Gasteiger partial charge < -0.3 is 15.4 Å². The lowest BCUT2D eigenvalue weighted by Crippen LogP contribution is -2.44. The SMILES string of the molecule is CCNC(=NCc1ccccc1OC(F)F)NCCS(=O)(=O)N1CCSCC1.I. The number of sulfonamides is 1. The first-order valence-corrected chi connectivity index (χ1v) is 11.8. The van der Waals surface area contributed by atoms with Gasteiger partial charge in [-0.15, -0.1) is 24.0 Å². The summed E-state index contributed by atoms with van der Waals surface area (Å²) in [5.74, 6) is 2.09. The third kappa shape index (κ3) is 9.22. The normalized spacial score (nSPS) is 15.7. The Balaban J connectivity index is 0.00000420. The highest BCUT2D eigenvalue weighted by Gasteiger charge is 2.23. The molecule has 1 fully saturated rings. The predicted molar refractivity (Wildman–Crippen MR) is 124 cm³/mol. The van der Waals surface area contributed by atoms with Crippen LogP contribution in [0, 0.1) is 0 Å². The molecule has 1 saturated heterocycles. The molecule has 29 heavy (non-hydrogen) atoms. The number of ether oxygens (including phenoxy) is 1. The van der Waals surface area contributed by atoms with Crippen molar-refractivity contribution in [3.63, 3.8) is 0 Å². The average molecular weight is 564 g/mol. The predicted octanol–water partition coefficient (Wildman–Crippen LogP) is 2.34. The van der Waals surface area contributed by atoms with Gasteiger partial charge in [0.05, 0.1) is 12.3 Å². The summed E-state index contributed by atoms with van der Waals surface area (Å²) in [7, 11) is -3.31. The van der Waals surface area contributed by atoms with E-state index in [2.05, 4.69) is 20.4 Å². The van der Waals surface area contributed by atoms with Crippen molar-refractivity contribution < 1.29 is 21.9 Å². The Kier molecular flexibility index (Phi) is 12.1. The van der Waals surface area contributed by atoms with E-state index in [1.54, 1.807) is 30.0 Å². The molecule has 1 aliphatic heterocycles. The molecule has 1 aromatic rings. The van der Waals surface area contributed by atoms with Crippen molar-refractivity contribution in [1.29, 1.82) is 0 Å². The fourth-order valence-corrected chi connectivity index (χ4v) is 5.10. The van der Waals surface area contributed by atoms with Crippen LogP contribution in [0.3, 0.4) is 0 Å². The van der Waals surface area contributed by atoms with Gasteiger partial charge in [0, 0.05) is 43.2 Å². The summed E-state index contributed by atoms with van der Waals surface area (Å²) in [6.45, 7) is 0.963. The molecule has 2 N–H and O–H groups in total. The van der Waals surface area contributed by atoms with Crippen molar-refractivity contribution in [2.24, 2.45) is 4.99 Å². The van der Waals surface area contributed by atoms with Crippen LogP contribution in [0.25, 0.3) is 0 Å². The molecule has 0 radical (unpaired) electrons. The highest BCUT2D eigenvalue weighted by molar-refractivity contribution is 14.0. The second-order valence-electron chi connectivity index (χ2n) is 5.94. The maximum Gasteiger partial charge on any atom is 0.387 e. The number of para-hydroxylation sites is 1. The number of rotatable bonds is 9. The highest BCUT2D eigenvalue weighted by atomic mass is 127. The van der Waals surface area contributed by atoms with E-state index in [1.165, 1.54) is 10.4 Å². The first kappa shape index (κ1) is 26.2. The van der Waals surface area contributed by atoms with Crippen molar-refractivity contribution in [1.82, 2.24) is 14.9 Å². The summed E-state index contributed by atoms with van der Waals surface area (Å²) in [4.78, 5) is 4.34. The zero-order valence-corrected chi connectivity index (χ0v) is 20.1. The molecular weight excluding hydrogens is 537 g/mol. The van der Waals surface area contributed by atoms with Gasteiger partial charge in [0.15, 0.2) is 5.96 Å². The van der Waals surface area contributed by atoms with Crippen LogP contribution < -0.4 is 15.4 Å². The van der Waals surface area contributed by atoms with Gasteiger partial charge in [0.2, 0.25) is 10.0 Å². The molecule has 1 aromatic carbocycles. The summed E-state index contributed by atoms with van der Waals surface area (Å²) in [5.41, 5.74) is 0.512. The minimum atomic E-state index is -3.31. The van der Waals surface area contributed by atoms with E-state index in [1.807, 2.05) is 6.92 Å². The maximum absolute atomic E-state index is 12.5. The molecule has 0 aromatic heterocycles. The van der Waals surface area contributed by atoms with E-state index in [9.17, 15) is 17.2 Å². The van der Waals surface area contributed by atoms with Crippen LogP contribution in [0.1, 0.15) is 12.5 Å². The van der Waals surface area contributed by atoms with Crippen molar-refractivity contribution in [2.45, 2.75) is 20.1 Å². The number of guanidine groups is 1. The van der Waals surface area contributed by atoms with Crippen molar-refractivity contribution in [2.75, 3.05) is 43.4 Å². The number of benzene rings is 1. The van der Waals surface area contributed by atoms with E-state index >= 15 is 0 Å². The molecule has 0 amide bonds. The number of aliphatic imine (C=N–C) groups is 1. The minimum absolute atomic E-state index is 0. The molecule has 1 aliphatic rings. The van der Waals surface area contributed by atoms with Gasteiger partial charge in [0.1, 0.15) is 5.75 Å². The fourth-order valence-electron chi connectivity index (χ4n) is 2.60. The molecule has 0 unspecified atom stereocenters. The van der Waals surface area contributed by atoms with Crippen LogP contribution in [0.4, 0.5) is 8.78 Å². The van der Waals surface area contributed by atoms with E-state index in [4.69, 9.17) is 0 Å². The number of thioether (sulfide) groups is 1. The standard InChI is InChI=1S/C17H26F2N4O3S2.HI/c1-2-20-17(21-7-12-28(24,25)23-8-10-27-11-9-23)22-13-14-5-3-4-6-15(14)26-16(18)19;/h3-6,16H,2,7-13H2,1H3,(H2,20,21,22);1H. The van der Waals surface area contributed by atoms with E-state index in [0.29, 0.717) is 31.2 Å². The summed E-state index contributed by atoms with van der Waals surface area (Å²) in [6.07, 6.45) is 0. The van der Waals surface area contributed by atoms with E-state index < -0.39 is 16.6 Å². The average Bonchev–Trinajstić information content (AvgIpc) is 2.67. The van der Waals surface area contributed by atoms with Crippen LogP contribution in [-0.2, 0) is 16.6 Å². The third-order valence-corrected chi connectivity index (χ3v) is 6.77. The monoisotopic (exact) mass is 564 g/mol. The zero-order valence-electron chi connectivity index (χ0n) is 16.1. The Labute approximate surface area is 192 Å². The molecule has 0 spiro atoms. The number of alkyl halides is 2. The van der Waals surface area contributed by atoms with E-state index in [-0.39, 0.29) is 48.6 Å². The summed E-state index contributed by atoms with van der Waals surface area (Å²) in [5, 5.41) is 6.00. The second kappa shape index (κ2) is 13.4. The van der Waals surface area contributed by atoms with Gasteiger partial charge >= 0.3 is 6.61 Å². The van der Waals surface area contributed by atoms with Crippen molar-refractivity contribution >= 4 is 51.7 Å². The van der Waals surface area contributed by atoms with Gasteiger partial charge in [-0.05, 0) is 13.0 Å². The molecule has 0 bridgehead atoms. The molecule has 0 atom stereocenters. The summed E-state index contributed by atoms with van der Waals surface area (Å²) >= 11 is 1.75. The minimum Gasteiger partial charge on any atom is -0.434 e. The summed E-state index contributed by atoms with van der Waals surface area (Å²) in [6, 6.07) is 6.44. The van der Waals surface area contributed by atoms with Crippen molar-refractivity contribution in [3.8, 4) is 5.75 Å². The Morgan fingerprint density at radius 1 is 1.28 bits per heavy atom. The lowest BCUT2D eigenvalue weighted by Gasteiger charge is -2.25. The molecule has 0 aliphatic carbocycles. The second-order valence-corrected chi connectivity index (χ2v) is 9.25. The van der Waals surface area contributed by atoms with Crippen LogP contribution in [0.5, 0.6) is 5.75 Å². The van der Waals surface area contributed by atoms with Crippen molar-refractivity contribution in [3.05, 3.63) is 29.8 Å². The number of hydrogen-bond acceptors (Lipinski definition) is 5. The number of halogens is 3. The Morgan fingerprint density at radius 2 is 1.97 bits per heavy atom. The van der Waals surface area contributed by atoms with Crippen LogP contribution >= 0.6 is 35.7 Å². The number of hydrogen-bond donors (Lipinski definition) is 2. The zero-order chi connectivity index (χ0) is 20.4. The smallest absolute Gasteiger partial charge is 0.387 e. The maximum atomic E-state index is 12.5. The molecular formula is C17H27F2IN4O3S2. The molecule has 7 nitrogen and oxygen atoms in total. The summed E-state index contributed by atoms with van der Waals surface area (Å²) < 4.78 is 55.8. The quantitative estimate of drug-likeness (QED) is 0.272. The lowest BCUT2D eigenvalue weighted by molar-refractivity contribution is -0.0504. The molecule has 2 rings (SSSR count). The van der Waals surface area contributed by atoms with Gasteiger partial charge in [0.25, 0.3) is 0 Å². The van der Waals surface area contributed by atoms with Gasteiger partial charge in [-0.2, -0.15) is 20.5 Å². The van der Waals surface area contributed by atoms with Crippen LogP contribution in [0.2, 0.25) is 0 Å². The van der Waals surface area contributed by atoms with Crippen LogP contribution in [-0.4, -0.2) is 68.7 Å². The van der Waals surface area contributed by atoms with Gasteiger partial charge in [-0.25, -0.2) is 17.7 Å². The van der Waals surface area contributed by atoms with Gasteiger partial charge in [-0.3, -0.25) is 0 Å². The molecule has 0 saturated carbocycles. The molecule has 1 heterocycles. The van der Waals surface area contributed by atoms with E-state index in [0.717, 1.165) is 11.5 Å². The lowest BCUT2D eigenvalue weighted by atomic mass is 10.2. The Bertz CT molecular complexity index is 748. The Morgan fingerprint density at radius 3 is 2.62 bits per heavy atom. The van der Waals surface area contributed by atoms with Gasteiger partial charge in [-0.1, -0.05) is 18.2 Å². The molecule has 166 valence electrons. The first-order chi connectivity index (χ1) is 13.4.